The summed E-state index contributed by atoms with van der Waals surface area (Å²) in [5.41, 5.74) is -0.450. The van der Waals surface area contributed by atoms with Crippen LogP contribution in [0.5, 0.6) is 0 Å². The zero-order chi connectivity index (χ0) is 10.8. The Balaban J connectivity index is 2.50. The number of hydrogen-bond donors (Lipinski definition) is 1. The van der Waals surface area contributed by atoms with Crippen molar-refractivity contribution in [3.8, 4) is 0 Å². The predicted octanol–water partition coefficient (Wildman–Crippen LogP) is 1.88. The van der Waals surface area contributed by atoms with Crippen molar-refractivity contribution in [1.29, 1.82) is 0 Å². The molecule has 0 amide bonds. The first-order chi connectivity index (χ1) is 6.40. The molecule has 1 saturated carbocycles. The van der Waals surface area contributed by atoms with Crippen LogP contribution in [-0.2, 0) is 9.53 Å². The number of ether oxygens (including phenoxy) is 1. The summed E-state index contributed by atoms with van der Waals surface area (Å²) in [6, 6.07) is 0. The van der Waals surface area contributed by atoms with Crippen LogP contribution in [0.1, 0.15) is 46.5 Å². The minimum atomic E-state index is -0.501. The summed E-state index contributed by atoms with van der Waals surface area (Å²) in [7, 11) is 0. The average molecular weight is 200 g/mol. The lowest BCUT2D eigenvalue weighted by atomic mass is 9.86. The van der Waals surface area contributed by atoms with Gasteiger partial charge in [-0.05, 0) is 33.6 Å². The van der Waals surface area contributed by atoms with Gasteiger partial charge in [0.25, 0.3) is 0 Å². The molecule has 1 aliphatic carbocycles. The molecule has 0 heterocycles. The van der Waals surface area contributed by atoms with E-state index in [4.69, 9.17) is 4.74 Å². The van der Waals surface area contributed by atoms with Crippen LogP contribution in [0, 0.1) is 5.92 Å². The number of aliphatic hydroxyl groups is 1. The van der Waals surface area contributed by atoms with Crippen molar-refractivity contribution in [2.24, 2.45) is 5.92 Å². The second-order valence-corrected chi connectivity index (χ2v) is 4.99. The maximum Gasteiger partial charge on any atom is 0.312 e. The Morgan fingerprint density at radius 1 is 1.29 bits per heavy atom. The highest BCUT2D eigenvalue weighted by Crippen LogP contribution is 2.26. The van der Waals surface area contributed by atoms with E-state index in [-0.39, 0.29) is 11.9 Å². The molecule has 14 heavy (non-hydrogen) atoms. The summed E-state index contributed by atoms with van der Waals surface area (Å²) in [5.74, 6) is -0.548. The Kier molecular flexibility index (Phi) is 3.53. The molecule has 2 atom stereocenters. The van der Waals surface area contributed by atoms with Crippen LogP contribution in [0.4, 0.5) is 0 Å². The highest BCUT2D eigenvalue weighted by Gasteiger charge is 2.32. The number of hydrogen-bond acceptors (Lipinski definition) is 3. The lowest BCUT2D eigenvalue weighted by molar-refractivity contribution is -0.165. The molecule has 1 aliphatic rings. The van der Waals surface area contributed by atoms with Gasteiger partial charge in [0.15, 0.2) is 0 Å². The summed E-state index contributed by atoms with van der Waals surface area (Å²) in [5, 5.41) is 9.64. The zero-order valence-electron chi connectivity index (χ0n) is 9.25. The molecule has 1 N–H and O–H groups in total. The normalized spacial score (nSPS) is 28.6. The van der Waals surface area contributed by atoms with Gasteiger partial charge in [0.1, 0.15) is 5.60 Å². The van der Waals surface area contributed by atoms with Gasteiger partial charge < -0.3 is 9.84 Å². The number of carbonyl (C=O) groups is 1. The number of rotatable bonds is 1. The quantitative estimate of drug-likeness (QED) is 0.657. The molecule has 0 aliphatic heterocycles. The van der Waals surface area contributed by atoms with E-state index in [9.17, 15) is 9.90 Å². The summed E-state index contributed by atoms with van der Waals surface area (Å²) in [6.07, 6.45) is 3.01. The first-order valence-electron chi connectivity index (χ1n) is 5.31. The minimum absolute atomic E-state index is 0.246. The van der Waals surface area contributed by atoms with Crippen molar-refractivity contribution < 1.29 is 14.6 Å². The third kappa shape index (κ3) is 3.29. The van der Waals surface area contributed by atoms with Gasteiger partial charge in [0.2, 0.25) is 0 Å². The monoisotopic (exact) mass is 200 g/mol. The van der Waals surface area contributed by atoms with Crippen molar-refractivity contribution in [2.75, 3.05) is 0 Å². The highest BCUT2D eigenvalue weighted by molar-refractivity contribution is 5.73. The Bertz CT molecular complexity index is 205. The predicted molar refractivity (Wildman–Crippen MR) is 53.8 cm³/mol. The van der Waals surface area contributed by atoms with E-state index in [1.807, 2.05) is 20.8 Å². The van der Waals surface area contributed by atoms with Gasteiger partial charge in [-0.3, -0.25) is 4.79 Å². The summed E-state index contributed by atoms with van der Waals surface area (Å²) < 4.78 is 5.25. The zero-order valence-corrected chi connectivity index (χ0v) is 9.25. The largest absolute Gasteiger partial charge is 0.460 e. The first-order valence-corrected chi connectivity index (χ1v) is 5.31. The summed E-state index contributed by atoms with van der Waals surface area (Å²) in [4.78, 5) is 11.6. The van der Waals surface area contributed by atoms with E-state index >= 15 is 0 Å². The highest BCUT2D eigenvalue weighted by atomic mass is 16.6. The molecule has 0 bridgehead atoms. The van der Waals surface area contributed by atoms with Gasteiger partial charge in [-0.2, -0.15) is 0 Å². The van der Waals surface area contributed by atoms with Crippen LogP contribution in [0.3, 0.4) is 0 Å². The van der Waals surface area contributed by atoms with Crippen molar-refractivity contribution in [1.82, 2.24) is 0 Å². The smallest absolute Gasteiger partial charge is 0.312 e. The van der Waals surface area contributed by atoms with Crippen LogP contribution >= 0.6 is 0 Å². The lowest BCUT2D eigenvalue weighted by Gasteiger charge is -2.29. The number of aliphatic hydroxyl groups excluding tert-OH is 1. The number of carbonyl (C=O) groups excluding carboxylic acids is 1. The van der Waals surface area contributed by atoms with Crippen LogP contribution < -0.4 is 0 Å². The molecular weight excluding hydrogens is 180 g/mol. The maximum absolute atomic E-state index is 11.6. The topological polar surface area (TPSA) is 46.5 Å². The minimum Gasteiger partial charge on any atom is -0.460 e. The van der Waals surface area contributed by atoms with Crippen LogP contribution in [0.25, 0.3) is 0 Å². The molecule has 0 radical (unpaired) electrons. The van der Waals surface area contributed by atoms with Gasteiger partial charge >= 0.3 is 5.97 Å². The molecule has 0 unspecified atom stereocenters. The SMILES string of the molecule is CC(C)(C)OC(=O)[C@H]1CCCC[C@@H]1O. The standard InChI is InChI=1S/C11H20O3/c1-11(2,3)14-10(13)8-6-4-5-7-9(8)12/h8-9,12H,4-7H2,1-3H3/t8-,9-/m0/s1. The van der Waals surface area contributed by atoms with E-state index in [0.717, 1.165) is 25.7 Å². The molecule has 1 fully saturated rings. The fourth-order valence-electron chi connectivity index (χ4n) is 1.76. The fraction of sp³-hybridized carbons (Fsp3) is 0.909. The van der Waals surface area contributed by atoms with Gasteiger partial charge in [-0.15, -0.1) is 0 Å². The summed E-state index contributed by atoms with van der Waals surface area (Å²) >= 11 is 0. The molecule has 0 aromatic heterocycles. The Labute approximate surface area is 85.5 Å². The van der Waals surface area contributed by atoms with E-state index in [2.05, 4.69) is 0 Å². The van der Waals surface area contributed by atoms with Crippen molar-refractivity contribution in [2.45, 2.75) is 58.2 Å². The lowest BCUT2D eigenvalue weighted by Crippen LogP contribution is -2.36. The Hall–Kier alpha value is -0.570. The fourth-order valence-corrected chi connectivity index (χ4v) is 1.76. The van der Waals surface area contributed by atoms with E-state index in [1.54, 1.807) is 0 Å². The van der Waals surface area contributed by atoms with Crippen LogP contribution in [0.2, 0.25) is 0 Å². The average Bonchev–Trinajstić information content (AvgIpc) is 2.01. The Morgan fingerprint density at radius 3 is 2.36 bits per heavy atom. The van der Waals surface area contributed by atoms with Crippen molar-refractivity contribution >= 4 is 5.97 Å². The molecular formula is C11H20O3. The van der Waals surface area contributed by atoms with Gasteiger partial charge in [0, 0.05) is 0 Å². The third-order valence-corrected chi connectivity index (χ3v) is 2.44. The molecule has 0 aromatic carbocycles. The number of esters is 1. The van der Waals surface area contributed by atoms with Gasteiger partial charge in [-0.25, -0.2) is 0 Å². The summed E-state index contributed by atoms with van der Waals surface area (Å²) in [6.45, 7) is 5.54. The molecule has 0 aromatic rings. The van der Waals surface area contributed by atoms with E-state index < -0.39 is 11.7 Å². The van der Waals surface area contributed by atoms with Gasteiger partial charge in [0.05, 0.1) is 12.0 Å². The molecule has 0 saturated heterocycles. The molecule has 0 spiro atoms. The molecule has 82 valence electrons. The van der Waals surface area contributed by atoms with Crippen LogP contribution in [0.15, 0.2) is 0 Å². The van der Waals surface area contributed by atoms with Crippen molar-refractivity contribution in [3.05, 3.63) is 0 Å². The second-order valence-electron chi connectivity index (χ2n) is 4.99. The molecule has 3 heteroatoms. The Morgan fingerprint density at radius 2 is 1.86 bits per heavy atom. The maximum atomic E-state index is 11.6. The van der Waals surface area contributed by atoms with Crippen molar-refractivity contribution in [3.63, 3.8) is 0 Å². The first kappa shape index (κ1) is 11.5. The van der Waals surface area contributed by atoms with Crippen LogP contribution in [-0.4, -0.2) is 22.8 Å². The molecule has 1 rings (SSSR count). The third-order valence-electron chi connectivity index (χ3n) is 2.44. The van der Waals surface area contributed by atoms with E-state index in [0.29, 0.717) is 0 Å². The molecule has 3 nitrogen and oxygen atoms in total. The second kappa shape index (κ2) is 4.30. The van der Waals surface area contributed by atoms with E-state index in [1.165, 1.54) is 0 Å². The van der Waals surface area contributed by atoms with Gasteiger partial charge in [-0.1, -0.05) is 12.8 Å².